The Hall–Kier alpha value is -3.15. The van der Waals surface area contributed by atoms with Crippen molar-refractivity contribution >= 4 is 5.91 Å². The Balaban J connectivity index is 1.68. The molecule has 1 N–H and O–H groups in total. The highest BCUT2D eigenvalue weighted by molar-refractivity contribution is 5.94. The van der Waals surface area contributed by atoms with E-state index in [1.807, 2.05) is 35.9 Å². The van der Waals surface area contributed by atoms with E-state index in [1.54, 1.807) is 38.0 Å². The van der Waals surface area contributed by atoms with Crippen molar-refractivity contribution in [3.05, 3.63) is 66.5 Å². The lowest BCUT2D eigenvalue weighted by atomic mass is 10.0. The molecule has 0 fully saturated rings. The topological polar surface area (TPSA) is 69.0 Å². The van der Waals surface area contributed by atoms with Crippen LogP contribution in [-0.2, 0) is 13.1 Å². The molecule has 0 unspecified atom stereocenters. The third-order valence-corrected chi connectivity index (χ3v) is 3.94. The first-order valence-corrected chi connectivity index (χ1v) is 8.08. The van der Waals surface area contributed by atoms with Crippen molar-refractivity contribution in [1.29, 1.82) is 0 Å². The van der Waals surface area contributed by atoms with Gasteiger partial charge in [0.05, 0.1) is 31.9 Å². The summed E-state index contributed by atoms with van der Waals surface area (Å²) in [5, 5.41) is 2.88. The maximum absolute atomic E-state index is 12.3. The van der Waals surface area contributed by atoms with Crippen LogP contribution in [0.3, 0.4) is 0 Å². The number of hydrogen-bond donors (Lipinski definition) is 1. The van der Waals surface area contributed by atoms with Crippen LogP contribution in [0.15, 0.2) is 55.2 Å². The maximum Gasteiger partial charge on any atom is 0.251 e. The van der Waals surface area contributed by atoms with Gasteiger partial charge in [-0.3, -0.25) is 9.78 Å². The predicted molar refractivity (Wildman–Crippen MR) is 95.3 cm³/mol. The van der Waals surface area contributed by atoms with Gasteiger partial charge in [0.15, 0.2) is 0 Å². The quantitative estimate of drug-likeness (QED) is 0.751. The van der Waals surface area contributed by atoms with Crippen molar-refractivity contribution in [3.63, 3.8) is 0 Å². The molecule has 6 nitrogen and oxygen atoms in total. The molecule has 0 saturated carbocycles. The minimum absolute atomic E-state index is 0.126. The summed E-state index contributed by atoms with van der Waals surface area (Å²) in [5.41, 5.74) is 3.35. The molecule has 6 heteroatoms. The van der Waals surface area contributed by atoms with E-state index in [1.165, 1.54) is 0 Å². The van der Waals surface area contributed by atoms with Gasteiger partial charge in [-0.2, -0.15) is 0 Å². The fourth-order valence-corrected chi connectivity index (χ4v) is 2.53. The Kier molecular flexibility index (Phi) is 5.09. The van der Waals surface area contributed by atoms with Crippen LogP contribution in [0.5, 0.6) is 5.75 Å². The molecule has 0 aliphatic heterocycles. The lowest BCUT2D eigenvalue weighted by molar-refractivity contribution is 0.0950. The largest absolute Gasteiger partial charge is 0.494 e. The van der Waals surface area contributed by atoms with Gasteiger partial charge in [-0.15, -0.1) is 0 Å². The fourth-order valence-electron chi connectivity index (χ4n) is 2.53. The highest BCUT2D eigenvalue weighted by Gasteiger charge is 2.09. The molecule has 3 rings (SSSR count). The lowest BCUT2D eigenvalue weighted by Gasteiger charge is -2.09. The summed E-state index contributed by atoms with van der Waals surface area (Å²) < 4.78 is 7.30. The van der Waals surface area contributed by atoms with Crippen LogP contribution in [0.4, 0.5) is 0 Å². The zero-order valence-corrected chi connectivity index (χ0v) is 14.3. The summed E-state index contributed by atoms with van der Waals surface area (Å²) >= 11 is 0. The van der Waals surface area contributed by atoms with Crippen molar-refractivity contribution in [3.8, 4) is 16.9 Å². The van der Waals surface area contributed by atoms with Crippen molar-refractivity contribution in [2.45, 2.75) is 20.0 Å². The number of ether oxygens (including phenoxy) is 1. The van der Waals surface area contributed by atoms with Crippen LogP contribution in [-0.4, -0.2) is 27.6 Å². The summed E-state index contributed by atoms with van der Waals surface area (Å²) in [6.45, 7) is 3.32. The summed E-state index contributed by atoms with van der Waals surface area (Å²) in [4.78, 5) is 20.6. The zero-order valence-electron chi connectivity index (χ0n) is 14.3. The van der Waals surface area contributed by atoms with E-state index < -0.39 is 0 Å². The van der Waals surface area contributed by atoms with Crippen molar-refractivity contribution in [2.75, 3.05) is 7.11 Å². The van der Waals surface area contributed by atoms with Gasteiger partial charge < -0.3 is 14.6 Å². The van der Waals surface area contributed by atoms with Crippen LogP contribution in [0.25, 0.3) is 11.1 Å². The standard InChI is InChI=1S/C19H20N4O2/c1-3-23-12-16(22-13-23)10-21-19(24)15-6-4-14(5-7-15)17-8-9-20-11-18(17)25-2/h4-9,11-13H,3,10H2,1-2H3,(H,21,24). The van der Waals surface area contributed by atoms with Crippen LogP contribution in [0.1, 0.15) is 23.0 Å². The van der Waals surface area contributed by atoms with Crippen LogP contribution < -0.4 is 10.1 Å². The fraction of sp³-hybridized carbons (Fsp3) is 0.211. The molecule has 2 aromatic heterocycles. The van der Waals surface area contributed by atoms with E-state index in [0.717, 1.165) is 23.4 Å². The Bertz CT molecular complexity index is 856. The average molecular weight is 336 g/mol. The molecule has 0 aliphatic rings. The van der Waals surface area contributed by atoms with Crippen molar-refractivity contribution in [2.24, 2.45) is 0 Å². The highest BCUT2D eigenvalue weighted by Crippen LogP contribution is 2.28. The minimum Gasteiger partial charge on any atom is -0.494 e. The first-order chi connectivity index (χ1) is 12.2. The summed E-state index contributed by atoms with van der Waals surface area (Å²) in [5.74, 6) is 0.575. The van der Waals surface area contributed by atoms with Crippen LogP contribution in [0, 0.1) is 0 Å². The first kappa shape index (κ1) is 16.7. The second kappa shape index (κ2) is 7.61. The second-order valence-corrected chi connectivity index (χ2v) is 5.53. The molecular weight excluding hydrogens is 316 g/mol. The smallest absolute Gasteiger partial charge is 0.251 e. The Morgan fingerprint density at radius 1 is 1.24 bits per heavy atom. The first-order valence-electron chi connectivity index (χ1n) is 8.08. The van der Waals surface area contributed by atoms with E-state index in [9.17, 15) is 4.79 Å². The number of pyridine rings is 1. The van der Waals surface area contributed by atoms with Gasteiger partial charge in [-0.1, -0.05) is 12.1 Å². The molecule has 1 amide bonds. The Morgan fingerprint density at radius 2 is 2.04 bits per heavy atom. The number of hydrogen-bond acceptors (Lipinski definition) is 4. The Labute approximate surface area is 146 Å². The maximum atomic E-state index is 12.3. The minimum atomic E-state index is -0.126. The van der Waals surface area contributed by atoms with Gasteiger partial charge in [0.1, 0.15) is 5.75 Å². The second-order valence-electron chi connectivity index (χ2n) is 5.53. The number of carbonyl (C=O) groups excluding carboxylic acids is 1. The van der Waals surface area contributed by atoms with Gasteiger partial charge in [0.25, 0.3) is 5.91 Å². The third-order valence-electron chi connectivity index (χ3n) is 3.94. The molecular formula is C19H20N4O2. The number of imidazole rings is 1. The Morgan fingerprint density at radius 3 is 2.72 bits per heavy atom. The summed E-state index contributed by atoms with van der Waals surface area (Å²) in [7, 11) is 1.61. The molecule has 0 bridgehead atoms. The average Bonchev–Trinajstić information content (AvgIpc) is 3.14. The van der Waals surface area contributed by atoms with Gasteiger partial charge in [-0.25, -0.2) is 4.98 Å². The number of carbonyl (C=O) groups is 1. The highest BCUT2D eigenvalue weighted by atomic mass is 16.5. The van der Waals surface area contributed by atoms with Crippen molar-refractivity contribution in [1.82, 2.24) is 19.9 Å². The lowest BCUT2D eigenvalue weighted by Crippen LogP contribution is -2.22. The van der Waals surface area contributed by atoms with E-state index in [-0.39, 0.29) is 5.91 Å². The number of aromatic nitrogens is 3. The third kappa shape index (κ3) is 3.85. The summed E-state index contributed by atoms with van der Waals surface area (Å²) in [6, 6.07) is 9.29. The van der Waals surface area contributed by atoms with Crippen LogP contribution >= 0.6 is 0 Å². The normalized spacial score (nSPS) is 10.5. The molecule has 0 aliphatic carbocycles. The zero-order chi connectivity index (χ0) is 17.6. The number of nitrogens with one attached hydrogen (secondary N) is 1. The van der Waals surface area contributed by atoms with Crippen molar-refractivity contribution < 1.29 is 9.53 Å². The summed E-state index contributed by atoms with van der Waals surface area (Å²) in [6.07, 6.45) is 7.08. The number of nitrogens with zero attached hydrogens (tertiary/aromatic N) is 3. The molecule has 0 radical (unpaired) electrons. The number of aryl methyl sites for hydroxylation is 1. The van der Waals surface area contributed by atoms with Crippen LogP contribution in [0.2, 0.25) is 0 Å². The number of benzene rings is 1. The molecule has 128 valence electrons. The number of rotatable bonds is 6. The molecule has 1 aromatic carbocycles. The predicted octanol–water partition coefficient (Wildman–Crippen LogP) is 2.90. The molecule has 0 spiro atoms. The monoisotopic (exact) mass is 336 g/mol. The van der Waals surface area contributed by atoms with Gasteiger partial charge >= 0.3 is 0 Å². The molecule has 0 atom stereocenters. The van der Waals surface area contributed by atoms with Gasteiger partial charge in [0.2, 0.25) is 0 Å². The van der Waals surface area contributed by atoms with E-state index in [2.05, 4.69) is 15.3 Å². The van der Waals surface area contributed by atoms with E-state index in [4.69, 9.17) is 4.74 Å². The van der Waals surface area contributed by atoms with E-state index in [0.29, 0.717) is 17.9 Å². The molecule has 2 heterocycles. The molecule has 25 heavy (non-hydrogen) atoms. The molecule has 3 aromatic rings. The SMILES string of the molecule is CCn1cnc(CNC(=O)c2ccc(-c3ccncc3OC)cc2)c1. The van der Waals surface area contributed by atoms with Gasteiger partial charge in [0, 0.05) is 30.1 Å². The molecule has 0 saturated heterocycles. The van der Waals surface area contributed by atoms with E-state index >= 15 is 0 Å². The number of methoxy groups -OCH3 is 1. The number of amides is 1. The van der Waals surface area contributed by atoms with Gasteiger partial charge in [-0.05, 0) is 30.7 Å².